The Hall–Kier alpha value is -2.71. The van der Waals surface area contributed by atoms with Gasteiger partial charge in [-0.15, -0.1) is 0 Å². The molecule has 0 unspecified atom stereocenters. The largest absolute Gasteiger partial charge is 0.481 e. The van der Waals surface area contributed by atoms with Crippen molar-refractivity contribution in [2.75, 3.05) is 19.6 Å². The van der Waals surface area contributed by atoms with E-state index in [0.29, 0.717) is 17.8 Å². The Balaban J connectivity index is 1.55. The molecular formula is C17H17F3N2O4. The fourth-order valence-electron chi connectivity index (χ4n) is 3.12. The fraction of sp³-hybridized carbons (Fsp3) is 0.412. The zero-order valence-electron chi connectivity index (χ0n) is 13.6. The summed E-state index contributed by atoms with van der Waals surface area (Å²) in [5.74, 6) is -4.60. The molecular weight excluding hydrogens is 353 g/mol. The molecule has 1 saturated heterocycles. The van der Waals surface area contributed by atoms with E-state index in [1.54, 1.807) is 0 Å². The molecule has 26 heavy (non-hydrogen) atoms. The van der Waals surface area contributed by atoms with Crippen molar-refractivity contribution in [3.63, 3.8) is 0 Å². The second-order valence-corrected chi connectivity index (χ2v) is 6.23. The van der Waals surface area contributed by atoms with Gasteiger partial charge in [0, 0.05) is 31.4 Å². The van der Waals surface area contributed by atoms with Crippen LogP contribution in [0.15, 0.2) is 34.7 Å². The van der Waals surface area contributed by atoms with Gasteiger partial charge in [-0.2, -0.15) is 13.2 Å². The molecule has 0 aliphatic carbocycles. The molecule has 0 radical (unpaired) electrons. The number of aliphatic carboxylic acids is 1. The van der Waals surface area contributed by atoms with Crippen LogP contribution in [0.2, 0.25) is 0 Å². The maximum absolute atomic E-state index is 12.9. The molecule has 2 heterocycles. The standard InChI is InChI=1S/C17H17F3N2O4/c18-17(19,20)13-9-22(8-12(13)15(23)24)16(25)21-6-5-11-7-10-3-1-2-4-14(10)26-11/h1-4,7,12-13H,5-6,8-9H2,(H,21,25)(H,23,24)/t12-,13-/m1/s1. The van der Waals surface area contributed by atoms with Crippen LogP contribution in [-0.4, -0.2) is 47.8 Å². The van der Waals surface area contributed by atoms with Gasteiger partial charge in [-0.05, 0) is 12.1 Å². The van der Waals surface area contributed by atoms with Gasteiger partial charge >= 0.3 is 18.2 Å². The number of carbonyl (C=O) groups excluding carboxylic acids is 1. The van der Waals surface area contributed by atoms with Crippen LogP contribution >= 0.6 is 0 Å². The summed E-state index contributed by atoms with van der Waals surface area (Å²) in [4.78, 5) is 24.0. The number of fused-ring (bicyclic) bond motifs is 1. The van der Waals surface area contributed by atoms with E-state index >= 15 is 0 Å². The number of likely N-dealkylation sites (tertiary alicyclic amines) is 1. The third-order valence-electron chi connectivity index (χ3n) is 4.47. The molecule has 0 saturated carbocycles. The maximum Gasteiger partial charge on any atom is 0.394 e. The van der Waals surface area contributed by atoms with E-state index in [-0.39, 0.29) is 6.54 Å². The highest BCUT2D eigenvalue weighted by atomic mass is 19.4. The number of amides is 2. The Bertz CT molecular complexity index is 785. The Morgan fingerprint density at radius 1 is 1.27 bits per heavy atom. The van der Waals surface area contributed by atoms with E-state index in [9.17, 15) is 22.8 Å². The summed E-state index contributed by atoms with van der Waals surface area (Å²) < 4.78 is 44.4. The Morgan fingerprint density at radius 2 is 2.00 bits per heavy atom. The first-order valence-corrected chi connectivity index (χ1v) is 8.05. The summed E-state index contributed by atoms with van der Waals surface area (Å²) in [6, 6.07) is 8.52. The monoisotopic (exact) mass is 370 g/mol. The smallest absolute Gasteiger partial charge is 0.394 e. The highest BCUT2D eigenvalue weighted by molar-refractivity contribution is 5.78. The lowest BCUT2D eigenvalue weighted by molar-refractivity contribution is -0.187. The summed E-state index contributed by atoms with van der Waals surface area (Å²) in [5.41, 5.74) is 0.714. The number of carbonyl (C=O) groups is 2. The van der Waals surface area contributed by atoms with Gasteiger partial charge in [-0.1, -0.05) is 18.2 Å². The van der Waals surface area contributed by atoms with E-state index in [1.165, 1.54) is 0 Å². The van der Waals surface area contributed by atoms with Gasteiger partial charge in [0.05, 0.1) is 11.8 Å². The molecule has 2 atom stereocenters. The van der Waals surface area contributed by atoms with Gasteiger partial charge < -0.3 is 19.7 Å². The van der Waals surface area contributed by atoms with Crippen molar-refractivity contribution in [2.45, 2.75) is 12.6 Å². The van der Waals surface area contributed by atoms with Crippen LogP contribution in [0.25, 0.3) is 11.0 Å². The van der Waals surface area contributed by atoms with Crippen molar-refractivity contribution in [1.29, 1.82) is 0 Å². The Morgan fingerprint density at radius 3 is 2.62 bits per heavy atom. The second kappa shape index (κ2) is 6.89. The number of rotatable bonds is 4. The fourth-order valence-corrected chi connectivity index (χ4v) is 3.12. The average molecular weight is 370 g/mol. The Kier molecular flexibility index (Phi) is 4.80. The number of alkyl halides is 3. The molecule has 2 aromatic rings. The van der Waals surface area contributed by atoms with Gasteiger partial charge in [0.2, 0.25) is 0 Å². The first kappa shape index (κ1) is 18.1. The molecule has 2 amide bonds. The molecule has 1 fully saturated rings. The molecule has 1 aromatic carbocycles. The number of nitrogens with one attached hydrogen (secondary N) is 1. The van der Waals surface area contributed by atoms with Gasteiger partial charge in [-0.25, -0.2) is 4.79 Å². The van der Waals surface area contributed by atoms with Gasteiger partial charge in [0.15, 0.2) is 0 Å². The first-order chi connectivity index (χ1) is 12.3. The van der Waals surface area contributed by atoms with Crippen LogP contribution < -0.4 is 5.32 Å². The molecule has 1 aliphatic heterocycles. The normalized spacial score (nSPS) is 20.5. The molecule has 2 N–H and O–H groups in total. The highest BCUT2D eigenvalue weighted by Crippen LogP contribution is 2.37. The van der Waals surface area contributed by atoms with E-state index in [0.717, 1.165) is 10.3 Å². The number of carboxylic acid groups (broad SMARTS) is 1. The molecule has 0 spiro atoms. The summed E-state index contributed by atoms with van der Waals surface area (Å²) in [6.07, 6.45) is -4.29. The lowest BCUT2D eigenvalue weighted by Crippen LogP contribution is -2.40. The number of furan rings is 1. The number of hydrogen-bond donors (Lipinski definition) is 2. The molecule has 1 aromatic heterocycles. The molecule has 9 heteroatoms. The highest BCUT2D eigenvalue weighted by Gasteiger charge is 2.53. The number of carboxylic acids is 1. The minimum absolute atomic E-state index is 0.170. The number of nitrogens with zero attached hydrogens (tertiary/aromatic N) is 1. The van der Waals surface area contributed by atoms with Crippen LogP contribution in [0, 0.1) is 11.8 Å². The van der Waals surface area contributed by atoms with Crippen LogP contribution in [0.5, 0.6) is 0 Å². The average Bonchev–Trinajstić information content (AvgIpc) is 3.18. The number of para-hydroxylation sites is 1. The summed E-state index contributed by atoms with van der Waals surface area (Å²) in [5, 5.41) is 12.4. The lowest BCUT2D eigenvalue weighted by atomic mass is 9.96. The maximum atomic E-state index is 12.9. The summed E-state index contributed by atoms with van der Waals surface area (Å²) in [6.45, 7) is -0.948. The van der Waals surface area contributed by atoms with Crippen LogP contribution in [0.4, 0.5) is 18.0 Å². The van der Waals surface area contributed by atoms with E-state index in [1.807, 2.05) is 30.3 Å². The minimum Gasteiger partial charge on any atom is -0.481 e. The number of urea groups is 1. The second-order valence-electron chi connectivity index (χ2n) is 6.23. The lowest BCUT2D eigenvalue weighted by Gasteiger charge is -2.18. The number of benzene rings is 1. The predicted octanol–water partition coefficient (Wildman–Crippen LogP) is 2.88. The minimum atomic E-state index is -4.66. The zero-order valence-corrected chi connectivity index (χ0v) is 13.6. The summed E-state index contributed by atoms with van der Waals surface area (Å²) in [7, 11) is 0. The third-order valence-corrected chi connectivity index (χ3v) is 4.47. The Labute approximate surface area is 146 Å². The van der Waals surface area contributed by atoms with Crippen LogP contribution in [0.1, 0.15) is 5.76 Å². The quantitative estimate of drug-likeness (QED) is 0.867. The molecule has 140 valence electrons. The zero-order chi connectivity index (χ0) is 18.9. The SMILES string of the molecule is O=C(O)[C@@H]1CN(C(=O)NCCc2cc3ccccc3o2)C[C@H]1C(F)(F)F. The number of hydrogen-bond acceptors (Lipinski definition) is 3. The van der Waals surface area contributed by atoms with Gasteiger partial charge in [0.25, 0.3) is 0 Å². The topological polar surface area (TPSA) is 82.8 Å². The first-order valence-electron chi connectivity index (χ1n) is 8.05. The van der Waals surface area contributed by atoms with Crippen LogP contribution in [0.3, 0.4) is 0 Å². The van der Waals surface area contributed by atoms with Crippen molar-refractivity contribution < 1.29 is 32.3 Å². The molecule has 3 rings (SSSR count). The van der Waals surface area contributed by atoms with E-state index in [4.69, 9.17) is 9.52 Å². The van der Waals surface area contributed by atoms with Crippen molar-refractivity contribution in [1.82, 2.24) is 10.2 Å². The van der Waals surface area contributed by atoms with Crippen molar-refractivity contribution >= 4 is 23.0 Å². The third kappa shape index (κ3) is 3.76. The molecule has 1 aliphatic rings. The van der Waals surface area contributed by atoms with Gasteiger partial charge in [-0.3, -0.25) is 4.79 Å². The van der Waals surface area contributed by atoms with Crippen molar-refractivity contribution in [2.24, 2.45) is 11.8 Å². The van der Waals surface area contributed by atoms with E-state index in [2.05, 4.69) is 5.32 Å². The van der Waals surface area contributed by atoms with Crippen molar-refractivity contribution in [3.05, 3.63) is 36.1 Å². The number of halogens is 3. The predicted molar refractivity (Wildman–Crippen MR) is 85.6 cm³/mol. The molecule has 6 nitrogen and oxygen atoms in total. The molecule has 0 bridgehead atoms. The van der Waals surface area contributed by atoms with Crippen molar-refractivity contribution in [3.8, 4) is 0 Å². The van der Waals surface area contributed by atoms with Crippen LogP contribution in [-0.2, 0) is 11.2 Å². The van der Waals surface area contributed by atoms with Gasteiger partial charge in [0.1, 0.15) is 11.3 Å². The van der Waals surface area contributed by atoms with E-state index < -0.39 is 43.1 Å². The summed E-state index contributed by atoms with van der Waals surface area (Å²) >= 11 is 0.